The third-order valence-corrected chi connectivity index (χ3v) is 3.16. The smallest absolute Gasteiger partial charge is 0.147 e. The first-order valence-electron chi connectivity index (χ1n) is 7.34. The molecule has 2 rings (SSSR count). The fraction of sp³-hybridized carbons (Fsp3) is 0.438. The fourth-order valence-corrected chi connectivity index (χ4v) is 2.04. The van der Waals surface area contributed by atoms with Crippen molar-refractivity contribution in [2.45, 2.75) is 33.4 Å². The van der Waals surface area contributed by atoms with E-state index in [1.54, 1.807) is 0 Å². The maximum Gasteiger partial charge on any atom is 0.147 e. The van der Waals surface area contributed by atoms with Gasteiger partial charge in [-0.25, -0.2) is 4.98 Å². The van der Waals surface area contributed by atoms with E-state index in [4.69, 9.17) is 0 Å². The van der Waals surface area contributed by atoms with Gasteiger partial charge in [-0.1, -0.05) is 13.0 Å². The topological polar surface area (TPSA) is 53.9 Å². The van der Waals surface area contributed by atoms with Crippen LogP contribution in [0.3, 0.4) is 0 Å². The molecule has 0 atom stereocenters. The largest absolute Gasteiger partial charge is 0.353 e. The summed E-state index contributed by atoms with van der Waals surface area (Å²) in [5, 5.41) is 3.32. The number of hydrogen-bond acceptors (Lipinski definition) is 5. The molecule has 0 aliphatic heterocycles. The van der Waals surface area contributed by atoms with Crippen LogP contribution in [-0.4, -0.2) is 28.5 Å². The summed E-state index contributed by atoms with van der Waals surface area (Å²) in [6.07, 6.45) is 4.77. The van der Waals surface area contributed by atoms with Crippen LogP contribution in [0.15, 0.2) is 30.6 Å². The average molecular weight is 285 g/mol. The van der Waals surface area contributed by atoms with Crippen LogP contribution in [0.2, 0.25) is 0 Å². The van der Waals surface area contributed by atoms with E-state index in [0.717, 1.165) is 49.0 Å². The van der Waals surface area contributed by atoms with Gasteiger partial charge in [0.15, 0.2) is 0 Å². The second-order valence-electron chi connectivity index (χ2n) is 5.17. The highest BCUT2D eigenvalue weighted by atomic mass is 15.2. The Morgan fingerprint density at radius 2 is 2.00 bits per heavy atom. The van der Waals surface area contributed by atoms with Crippen molar-refractivity contribution in [1.29, 1.82) is 0 Å². The number of hydrogen-bond donors (Lipinski definition) is 1. The maximum atomic E-state index is 4.51. The molecule has 5 heteroatoms. The first kappa shape index (κ1) is 15.4. The van der Waals surface area contributed by atoms with Gasteiger partial charge >= 0.3 is 0 Å². The molecule has 0 amide bonds. The third-order valence-electron chi connectivity index (χ3n) is 3.16. The highest BCUT2D eigenvalue weighted by molar-refractivity contribution is 5.35. The Balaban J connectivity index is 1.94. The van der Waals surface area contributed by atoms with E-state index in [0.29, 0.717) is 0 Å². The summed E-state index contributed by atoms with van der Waals surface area (Å²) >= 11 is 0. The van der Waals surface area contributed by atoms with Crippen molar-refractivity contribution in [3.8, 4) is 0 Å². The minimum atomic E-state index is 0.726. The Labute approximate surface area is 126 Å². The molecule has 0 radical (unpaired) electrons. The zero-order chi connectivity index (χ0) is 15.1. The summed E-state index contributed by atoms with van der Waals surface area (Å²) in [7, 11) is 2.00. The van der Waals surface area contributed by atoms with E-state index >= 15 is 0 Å². The summed E-state index contributed by atoms with van der Waals surface area (Å²) < 4.78 is 0. The molecule has 0 aliphatic carbocycles. The molecule has 0 spiro atoms. The van der Waals surface area contributed by atoms with Crippen LogP contribution in [0.1, 0.15) is 30.4 Å². The van der Waals surface area contributed by atoms with Crippen molar-refractivity contribution in [3.63, 3.8) is 0 Å². The van der Waals surface area contributed by atoms with Gasteiger partial charge in [-0.2, -0.15) is 0 Å². The molecule has 0 unspecified atom stereocenters. The lowest BCUT2D eigenvalue weighted by Gasteiger charge is -2.17. The quantitative estimate of drug-likeness (QED) is 0.791. The number of rotatable bonds is 7. The van der Waals surface area contributed by atoms with Crippen molar-refractivity contribution in [1.82, 2.24) is 20.3 Å². The first-order chi connectivity index (χ1) is 10.2. The van der Waals surface area contributed by atoms with E-state index < -0.39 is 0 Å². The monoisotopic (exact) mass is 285 g/mol. The predicted molar refractivity (Wildman–Crippen MR) is 85.1 cm³/mol. The van der Waals surface area contributed by atoms with Crippen LogP contribution in [-0.2, 0) is 13.1 Å². The lowest BCUT2D eigenvalue weighted by atomic mass is 10.3. The molecule has 2 aromatic heterocycles. The number of nitrogens with zero attached hydrogens (tertiary/aromatic N) is 4. The van der Waals surface area contributed by atoms with Crippen molar-refractivity contribution >= 4 is 5.82 Å². The summed E-state index contributed by atoms with van der Waals surface area (Å²) in [5.74, 6) is 0.859. The van der Waals surface area contributed by atoms with Gasteiger partial charge < -0.3 is 10.2 Å². The normalized spacial score (nSPS) is 10.6. The number of nitrogens with one attached hydrogen (secondary N) is 1. The minimum Gasteiger partial charge on any atom is -0.353 e. The predicted octanol–water partition coefficient (Wildman–Crippen LogP) is 2.32. The van der Waals surface area contributed by atoms with Crippen molar-refractivity contribution in [2.24, 2.45) is 0 Å². The van der Waals surface area contributed by atoms with Crippen LogP contribution in [0, 0.1) is 6.92 Å². The van der Waals surface area contributed by atoms with Gasteiger partial charge in [0.05, 0.1) is 30.3 Å². The fourth-order valence-electron chi connectivity index (χ4n) is 2.04. The van der Waals surface area contributed by atoms with Crippen LogP contribution in [0.5, 0.6) is 0 Å². The molecular weight excluding hydrogens is 262 g/mol. The second-order valence-corrected chi connectivity index (χ2v) is 5.17. The molecule has 0 saturated carbocycles. The Morgan fingerprint density at radius 1 is 1.14 bits per heavy atom. The van der Waals surface area contributed by atoms with E-state index in [2.05, 4.69) is 32.1 Å². The van der Waals surface area contributed by atoms with E-state index in [1.165, 1.54) is 0 Å². The maximum absolute atomic E-state index is 4.51. The first-order valence-corrected chi connectivity index (χ1v) is 7.34. The summed E-state index contributed by atoms with van der Waals surface area (Å²) in [6.45, 7) is 6.65. The summed E-state index contributed by atoms with van der Waals surface area (Å²) in [4.78, 5) is 15.5. The molecule has 0 aromatic carbocycles. The average Bonchev–Trinajstić information content (AvgIpc) is 2.48. The molecule has 0 bridgehead atoms. The van der Waals surface area contributed by atoms with Gasteiger partial charge in [0.1, 0.15) is 5.82 Å². The Hall–Kier alpha value is -2.01. The third kappa shape index (κ3) is 4.79. The van der Waals surface area contributed by atoms with Crippen LogP contribution >= 0.6 is 0 Å². The van der Waals surface area contributed by atoms with Crippen LogP contribution in [0.4, 0.5) is 5.82 Å². The van der Waals surface area contributed by atoms with E-state index in [-0.39, 0.29) is 0 Å². The van der Waals surface area contributed by atoms with Crippen molar-refractivity contribution < 1.29 is 0 Å². The van der Waals surface area contributed by atoms with E-state index in [9.17, 15) is 0 Å². The SMILES string of the molecule is CCCNCc1cnc(N(C)Cc2cccc(C)n2)cn1. The molecule has 5 nitrogen and oxygen atoms in total. The van der Waals surface area contributed by atoms with E-state index in [1.807, 2.05) is 44.6 Å². The Kier molecular flexibility index (Phi) is 5.63. The standard InChI is InChI=1S/C16H23N5/c1-4-8-17-9-15-10-19-16(11-18-15)21(3)12-14-7-5-6-13(2)20-14/h5-7,10-11,17H,4,8-9,12H2,1-3H3. The van der Waals surface area contributed by atoms with Crippen LogP contribution < -0.4 is 10.2 Å². The Bertz CT molecular complexity index is 553. The van der Waals surface area contributed by atoms with Crippen molar-refractivity contribution in [2.75, 3.05) is 18.5 Å². The second kappa shape index (κ2) is 7.69. The molecule has 1 N–H and O–H groups in total. The molecule has 0 saturated heterocycles. The Morgan fingerprint density at radius 3 is 2.67 bits per heavy atom. The zero-order valence-corrected chi connectivity index (χ0v) is 13.0. The molecule has 112 valence electrons. The van der Waals surface area contributed by atoms with Gasteiger partial charge in [0, 0.05) is 19.3 Å². The summed E-state index contributed by atoms with van der Waals surface area (Å²) in [6, 6.07) is 6.06. The minimum absolute atomic E-state index is 0.726. The number of aryl methyl sites for hydroxylation is 1. The lowest BCUT2D eigenvalue weighted by Crippen LogP contribution is -2.20. The molecule has 21 heavy (non-hydrogen) atoms. The lowest BCUT2D eigenvalue weighted by molar-refractivity contribution is 0.661. The van der Waals surface area contributed by atoms with Gasteiger partial charge in [0.2, 0.25) is 0 Å². The molecule has 0 aliphatic rings. The molecule has 2 aromatic rings. The molecular formula is C16H23N5. The molecule has 2 heterocycles. The molecule has 0 fully saturated rings. The number of pyridine rings is 1. The van der Waals surface area contributed by atoms with Gasteiger partial charge in [-0.05, 0) is 32.0 Å². The summed E-state index contributed by atoms with van der Waals surface area (Å²) in [5.41, 5.74) is 3.03. The van der Waals surface area contributed by atoms with Gasteiger partial charge in [0.25, 0.3) is 0 Å². The number of anilines is 1. The zero-order valence-electron chi connectivity index (χ0n) is 13.0. The highest BCUT2D eigenvalue weighted by Gasteiger charge is 2.05. The van der Waals surface area contributed by atoms with Crippen LogP contribution in [0.25, 0.3) is 0 Å². The highest BCUT2D eigenvalue weighted by Crippen LogP contribution is 2.10. The van der Waals surface area contributed by atoms with Gasteiger partial charge in [-0.15, -0.1) is 0 Å². The van der Waals surface area contributed by atoms with Gasteiger partial charge in [-0.3, -0.25) is 9.97 Å². The number of aromatic nitrogens is 3. The van der Waals surface area contributed by atoms with Crippen molar-refractivity contribution in [3.05, 3.63) is 47.7 Å².